The molecule has 9 heteroatoms. The number of esters is 1. The van der Waals surface area contributed by atoms with Gasteiger partial charge < -0.3 is 4.74 Å². The zero-order valence-corrected chi connectivity index (χ0v) is 18.0. The van der Waals surface area contributed by atoms with E-state index in [0.717, 1.165) is 22.2 Å². The van der Waals surface area contributed by atoms with E-state index in [1.54, 1.807) is 5.38 Å². The van der Waals surface area contributed by atoms with E-state index in [4.69, 9.17) is 4.74 Å². The van der Waals surface area contributed by atoms with Crippen molar-refractivity contribution in [3.63, 3.8) is 0 Å². The largest absolute Gasteiger partial charge is 0.459 e. The summed E-state index contributed by atoms with van der Waals surface area (Å²) in [6.07, 6.45) is 1.53. The molecular formula is C20H22N2O5S2. The van der Waals surface area contributed by atoms with Gasteiger partial charge in [0.2, 0.25) is 5.91 Å². The van der Waals surface area contributed by atoms with Crippen molar-refractivity contribution in [3.8, 4) is 0 Å². The molecule has 0 fully saturated rings. The van der Waals surface area contributed by atoms with Crippen LogP contribution in [0.4, 0.5) is 10.8 Å². The summed E-state index contributed by atoms with van der Waals surface area (Å²) >= 11 is 1.29. The highest BCUT2D eigenvalue weighted by Gasteiger charge is 2.25. The number of allylic oxidation sites excluding steroid dienone is 1. The number of aryl methyl sites for hydroxylation is 2. The van der Waals surface area contributed by atoms with Crippen molar-refractivity contribution < 1.29 is 22.7 Å². The van der Waals surface area contributed by atoms with Crippen LogP contribution in [0.2, 0.25) is 0 Å². The number of nitrogens with zero attached hydrogens (tertiary/aromatic N) is 2. The number of carbonyl (C=O) groups is 2. The molecule has 0 saturated heterocycles. The molecule has 1 aromatic carbocycles. The van der Waals surface area contributed by atoms with Gasteiger partial charge in [0.05, 0.1) is 23.6 Å². The number of benzene rings is 1. The second-order valence-corrected chi connectivity index (χ2v) is 9.80. The topological polar surface area (TPSA) is 93.6 Å². The van der Waals surface area contributed by atoms with Gasteiger partial charge in [-0.1, -0.05) is 12.1 Å². The lowest BCUT2D eigenvalue weighted by atomic mass is 10.1. The molecular weight excluding hydrogens is 412 g/mol. The van der Waals surface area contributed by atoms with Gasteiger partial charge in [-0.05, 0) is 37.1 Å². The molecule has 0 saturated carbocycles. The van der Waals surface area contributed by atoms with Gasteiger partial charge in [-0.15, -0.1) is 11.3 Å². The second kappa shape index (κ2) is 8.46. The normalized spacial score (nSPS) is 17.3. The number of hydrogen-bond acceptors (Lipinski definition) is 7. The minimum atomic E-state index is -3.19. The van der Waals surface area contributed by atoms with Crippen molar-refractivity contribution >= 4 is 43.9 Å². The van der Waals surface area contributed by atoms with Gasteiger partial charge in [-0.2, -0.15) is 0 Å². The number of carbonyl (C=O) groups excluding carboxylic acids is 2. The van der Waals surface area contributed by atoms with Crippen molar-refractivity contribution in [1.29, 1.82) is 0 Å². The average molecular weight is 435 g/mol. The van der Waals surface area contributed by atoms with Crippen LogP contribution in [0.5, 0.6) is 0 Å². The van der Waals surface area contributed by atoms with E-state index in [0.29, 0.717) is 10.8 Å². The van der Waals surface area contributed by atoms with Crippen LogP contribution in [0, 0.1) is 19.8 Å². The van der Waals surface area contributed by atoms with Crippen LogP contribution in [0.3, 0.4) is 0 Å². The number of sulfone groups is 1. The summed E-state index contributed by atoms with van der Waals surface area (Å²) in [6.45, 7) is 5.43. The van der Waals surface area contributed by atoms with Gasteiger partial charge in [0.15, 0.2) is 15.0 Å². The highest BCUT2D eigenvalue weighted by molar-refractivity contribution is 7.94. The molecule has 1 aromatic heterocycles. The van der Waals surface area contributed by atoms with Gasteiger partial charge >= 0.3 is 5.97 Å². The maximum atomic E-state index is 12.2. The Labute approximate surface area is 173 Å². The third-order valence-electron chi connectivity index (χ3n) is 4.61. The molecule has 7 nitrogen and oxygen atoms in total. The summed E-state index contributed by atoms with van der Waals surface area (Å²) in [5.74, 6) is -1.06. The maximum Gasteiger partial charge on any atom is 0.306 e. The van der Waals surface area contributed by atoms with E-state index < -0.39 is 15.8 Å². The Bertz CT molecular complexity index is 1070. The summed E-state index contributed by atoms with van der Waals surface area (Å²) in [5, 5.41) is 3.37. The fourth-order valence-corrected chi connectivity index (χ4v) is 5.22. The van der Waals surface area contributed by atoms with E-state index in [1.807, 2.05) is 32.0 Å². The Morgan fingerprint density at radius 3 is 2.66 bits per heavy atom. The van der Waals surface area contributed by atoms with Gasteiger partial charge in [0.1, 0.15) is 6.61 Å². The third kappa shape index (κ3) is 5.30. The fourth-order valence-electron chi connectivity index (χ4n) is 2.95. The first-order valence-corrected chi connectivity index (χ1v) is 11.6. The lowest BCUT2D eigenvalue weighted by Gasteiger charge is -2.19. The van der Waals surface area contributed by atoms with Crippen LogP contribution in [0.1, 0.15) is 30.2 Å². The number of anilines is 2. The van der Waals surface area contributed by atoms with Crippen LogP contribution in [-0.4, -0.2) is 31.0 Å². The van der Waals surface area contributed by atoms with E-state index in [1.165, 1.54) is 29.2 Å². The summed E-state index contributed by atoms with van der Waals surface area (Å²) in [5.41, 5.74) is 3.46. The predicted molar refractivity (Wildman–Crippen MR) is 112 cm³/mol. The van der Waals surface area contributed by atoms with Crippen LogP contribution >= 0.6 is 11.3 Å². The first kappa shape index (κ1) is 21.2. The number of aromatic nitrogens is 1. The zero-order valence-electron chi connectivity index (χ0n) is 16.4. The van der Waals surface area contributed by atoms with Gasteiger partial charge in [-0.3, -0.25) is 14.5 Å². The standard InChI is InChI=1S/C20H22N2O5S2/c1-13-4-5-18(8-14(13)2)22(15(3)23)20-21-17(11-28-20)10-27-19(24)9-16-6-7-29(25,26)12-16/h4-8,11,16H,9-10,12H2,1-3H3. The molecule has 0 bridgehead atoms. The molecule has 1 aliphatic heterocycles. The summed E-state index contributed by atoms with van der Waals surface area (Å²) in [4.78, 5) is 30.1. The Hall–Kier alpha value is -2.52. The Morgan fingerprint density at radius 1 is 1.28 bits per heavy atom. The summed E-state index contributed by atoms with van der Waals surface area (Å²) in [6, 6.07) is 5.75. The molecule has 0 aliphatic carbocycles. The molecule has 1 unspecified atom stereocenters. The second-order valence-electron chi connectivity index (χ2n) is 7.03. The van der Waals surface area contributed by atoms with Gasteiger partial charge in [-0.25, -0.2) is 13.4 Å². The molecule has 0 spiro atoms. The minimum absolute atomic E-state index is 0.00887. The van der Waals surface area contributed by atoms with Crippen LogP contribution < -0.4 is 4.90 Å². The van der Waals surface area contributed by atoms with E-state index in [9.17, 15) is 18.0 Å². The summed E-state index contributed by atoms with van der Waals surface area (Å²) in [7, 11) is -3.19. The summed E-state index contributed by atoms with van der Waals surface area (Å²) < 4.78 is 28.0. The zero-order chi connectivity index (χ0) is 21.2. The highest BCUT2D eigenvalue weighted by atomic mass is 32.2. The number of ether oxygens (including phenoxy) is 1. The molecule has 0 radical (unpaired) electrons. The third-order valence-corrected chi connectivity index (χ3v) is 6.95. The van der Waals surface area contributed by atoms with E-state index >= 15 is 0 Å². The fraction of sp³-hybridized carbons (Fsp3) is 0.350. The van der Waals surface area contributed by atoms with Crippen molar-refractivity contribution in [1.82, 2.24) is 4.98 Å². The van der Waals surface area contributed by atoms with Gasteiger partial charge in [0, 0.05) is 23.6 Å². The molecule has 1 amide bonds. The van der Waals surface area contributed by atoms with Crippen LogP contribution in [0.15, 0.2) is 35.1 Å². The molecule has 29 heavy (non-hydrogen) atoms. The molecule has 1 atom stereocenters. The van der Waals surface area contributed by atoms with Crippen LogP contribution in [0.25, 0.3) is 0 Å². The van der Waals surface area contributed by atoms with Crippen LogP contribution in [-0.2, 0) is 30.8 Å². The van der Waals surface area contributed by atoms with E-state index in [2.05, 4.69) is 4.98 Å². The average Bonchev–Trinajstić information content (AvgIpc) is 3.22. The molecule has 154 valence electrons. The Kier molecular flexibility index (Phi) is 6.18. The van der Waals surface area contributed by atoms with Gasteiger partial charge in [0.25, 0.3) is 0 Å². The Balaban J connectivity index is 1.64. The molecule has 3 rings (SSSR count). The highest BCUT2D eigenvalue weighted by Crippen LogP contribution is 2.30. The lowest BCUT2D eigenvalue weighted by Crippen LogP contribution is -2.22. The minimum Gasteiger partial charge on any atom is -0.459 e. The number of amides is 1. The molecule has 2 aromatic rings. The quantitative estimate of drug-likeness (QED) is 0.647. The van der Waals surface area contributed by atoms with Crippen molar-refractivity contribution in [2.24, 2.45) is 5.92 Å². The predicted octanol–water partition coefficient (Wildman–Crippen LogP) is 3.44. The lowest BCUT2D eigenvalue weighted by molar-refractivity contribution is -0.145. The number of rotatable bonds is 6. The SMILES string of the molecule is CC(=O)N(c1ccc(C)c(C)c1)c1nc(COC(=O)CC2C=CS(=O)(=O)C2)cs1. The Morgan fingerprint density at radius 2 is 2.03 bits per heavy atom. The maximum absolute atomic E-state index is 12.2. The molecule has 2 heterocycles. The van der Waals surface area contributed by atoms with Crippen molar-refractivity contribution in [2.75, 3.05) is 10.7 Å². The van der Waals surface area contributed by atoms with Crippen molar-refractivity contribution in [2.45, 2.75) is 33.8 Å². The first-order valence-electron chi connectivity index (χ1n) is 9.03. The molecule has 0 N–H and O–H groups in total. The number of hydrogen-bond donors (Lipinski definition) is 0. The number of thiazole rings is 1. The monoisotopic (exact) mass is 434 g/mol. The smallest absolute Gasteiger partial charge is 0.306 e. The van der Waals surface area contributed by atoms with E-state index in [-0.39, 0.29) is 30.6 Å². The van der Waals surface area contributed by atoms with Crippen molar-refractivity contribution in [3.05, 3.63) is 51.9 Å². The molecule has 1 aliphatic rings. The first-order chi connectivity index (χ1) is 13.6.